The highest BCUT2D eigenvalue weighted by molar-refractivity contribution is 9.10. The second-order valence-corrected chi connectivity index (χ2v) is 6.21. The van der Waals surface area contributed by atoms with E-state index in [1.54, 1.807) is 9.80 Å². The maximum absolute atomic E-state index is 12.7. The van der Waals surface area contributed by atoms with Crippen LogP contribution in [-0.4, -0.2) is 35.3 Å². The third-order valence-electron chi connectivity index (χ3n) is 4.15. The van der Waals surface area contributed by atoms with Crippen LogP contribution in [0.4, 0.5) is 5.69 Å². The van der Waals surface area contributed by atoms with Gasteiger partial charge in [0.15, 0.2) is 0 Å². The Hall–Kier alpha value is -1.36. The Balaban J connectivity index is 2.00. The Kier molecular flexibility index (Phi) is 3.54. The topological polar surface area (TPSA) is 40.6 Å². The molecule has 2 aliphatic heterocycles. The van der Waals surface area contributed by atoms with E-state index in [-0.39, 0.29) is 23.9 Å². The van der Waals surface area contributed by atoms with Crippen LogP contribution in [0.1, 0.15) is 26.2 Å². The highest BCUT2D eigenvalue weighted by Gasteiger charge is 2.47. The molecule has 4 nitrogen and oxygen atoms in total. The van der Waals surface area contributed by atoms with Crippen molar-refractivity contribution in [2.75, 3.05) is 11.4 Å². The van der Waals surface area contributed by atoms with Gasteiger partial charge in [-0.25, -0.2) is 0 Å². The Morgan fingerprint density at radius 1 is 1.20 bits per heavy atom. The first-order chi connectivity index (χ1) is 9.63. The maximum atomic E-state index is 12.7. The fourth-order valence-electron chi connectivity index (χ4n) is 3.17. The van der Waals surface area contributed by atoms with Gasteiger partial charge < -0.3 is 4.90 Å². The molecule has 0 aliphatic carbocycles. The SMILES string of the molecule is CCC1C(=O)N2CCCC2C(=O)N1c1ccc(Br)cc1. The molecule has 2 aliphatic rings. The number of amides is 2. The van der Waals surface area contributed by atoms with Gasteiger partial charge in [-0.15, -0.1) is 0 Å². The molecule has 2 heterocycles. The number of carbonyl (C=O) groups is 2. The molecule has 1 aromatic rings. The van der Waals surface area contributed by atoms with Gasteiger partial charge in [0.1, 0.15) is 12.1 Å². The van der Waals surface area contributed by atoms with Crippen LogP contribution in [-0.2, 0) is 9.59 Å². The Morgan fingerprint density at radius 2 is 1.90 bits per heavy atom. The number of nitrogens with zero attached hydrogens (tertiary/aromatic N) is 2. The van der Waals surface area contributed by atoms with Gasteiger partial charge in [0.05, 0.1) is 0 Å². The number of halogens is 1. The minimum atomic E-state index is -0.363. The first kappa shape index (κ1) is 13.6. The lowest BCUT2D eigenvalue weighted by molar-refractivity contribution is -0.144. The van der Waals surface area contributed by atoms with E-state index in [9.17, 15) is 9.59 Å². The highest BCUT2D eigenvalue weighted by atomic mass is 79.9. The molecule has 0 bridgehead atoms. The van der Waals surface area contributed by atoms with Gasteiger partial charge in [-0.05, 0) is 43.5 Å². The van der Waals surface area contributed by atoms with Crippen molar-refractivity contribution in [2.45, 2.75) is 38.3 Å². The molecule has 106 valence electrons. The van der Waals surface area contributed by atoms with Crippen LogP contribution in [0.2, 0.25) is 0 Å². The molecule has 0 saturated carbocycles. The van der Waals surface area contributed by atoms with Gasteiger partial charge in [-0.3, -0.25) is 14.5 Å². The summed E-state index contributed by atoms with van der Waals surface area (Å²) >= 11 is 3.40. The zero-order chi connectivity index (χ0) is 14.3. The van der Waals surface area contributed by atoms with Gasteiger partial charge in [-0.2, -0.15) is 0 Å². The average molecular weight is 337 g/mol. The first-order valence-electron chi connectivity index (χ1n) is 7.02. The van der Waals surface area contributed by atoms with Crippen LogP contribution >= 0.6 is 15.9 Å². The number of piperazine rings is 1. The van der Waals surface area contributed by atoms with Gasteiger partial charge in [0.2, 0.25) is 5.91 Å². The average Bonchev–Trinajstić information content (AvgIpc) is 2.94. The quantitative estimate of drug-likeness (QED) is 0.832. The minimum absolute atomic E-state index is 0.0660. The zero-order valence-corrected chi connectivity index (χ0v) is 13.0. The van der Waals surface area contributed by atoms with Gasteiger partial charge in [0, 0.05) is 16.7 Å². The van der Waals surface area contributed by atoms with E-state index in [4.69, 9.17) is 0 Å². The highest BCUT2D eigenvalue weighted by Crippen LogP contribution is 2.32. The van der Waals surface area contributed by atoms with Crippen molar-refractivity contribution in [2.24, 2.45) is 0 Å². The van der Waals surface area contributed by atoms with E-state index in [0.717, 1.165) is 29.5 Å². The van der Waals surface area contributed by atoms with E-state index in [1.165, 1.54) is 0 Å². The molecule has 0 N–H and O–H groups in total. The van der Waals surface area contributed by atoms with Crippen LogP contribution in [0.25, 0.3) is 0 Å². The third kappa shape index (κ3) is 2.04. The van der Waals surface area contributed by atoms with Gasteiger partial charge in [-0.1, -0.05) is 22.9 Å². The largest absolute Gasteiger partial charge is 0.329 e. The van der Waals surface area contributed by atoms with Crippen molar-refractivity contribution >= 4 is 33.4 Å². The van der Waals surface area contributed by atoms with E-state index in [0.29, 0.717) is 6.42 Å². The van der Waals surface area contributed by atoms with Crippen LogP contribution in [0, 0.1) is 0 Å². The first-order valence-corrected chi connectivity index (χ1v) is 7.82. The summed E-state index contributed by atoms with van der Waals surface area (Å²) in [5.74, 6) is 0.161. The fraction of sp³-hybridized carbons (Fsp3) is 0.467. The monoisotopic (exact) mass is 336 g/mol. The van der Waals surface area contributed by atoms with E-state index < -0.39 is 0 Å². The second-order valence-electron chi connectivity index (χ2n) is 5.30. The second kappa shape index (κ2) is 5.20. The van der Waals surface area contributed by atoms with E-state index in [1.807, 2.05) is 31.2 Å². The number of anilines is 1. The third-order valence-corrected chi connectivity index (χ3v) is 4.68. The Bertz CT molecular complexity index is 543. The summed E-state index contributed by atoms with van der Waals surface area (Å²) in [5, 5.41) is 0. The molecular weight excluding hydrogens is 320 g/mol. The molecular formula is C15H17BrN2O2. The Labute approximate surface area is 126 Å². The van der Waals surface area contributed by atoms with E-state index in [2.05, 4.69) is 15.9 Å². The molecule has 0 spiro atoms. The van der Waals surface area contributed by atoms with Crippen LogP contribution in [0.15, 0.2) is 28.7 Å². The molecule has 2 amide bonds. The maximum Gasteiger partial charge on any atom is 0.250 e. The molecule has 0 aromatic heterocycles. The Morgan fingerprint density at radius 3 is 2.55 bits per heavy atom. The number of rotatable bonds is 2. The minimum Gasteiger partial charge on any atom is -0.329 e. The summed E-state index contributed by atoms with van der Waals surface area (Å²) in [4.78, 5) is 28.7. The van der Waals surface area contributed by atoms with Gasteiger partial charge in [0.25, 0.3) is 5.91 Å². The van der Waals surface area contributed by atoms with E-state index >= 15 is 0 Å². The van der Waals surface area contributed by atoms with Crippen molar-refractivity contribution in [3.05, 3.63) is 28.7 Å². The van der Waals surface area contributed by atoms with Crippen LogP contribution in [0.5, 0.6) is 0 Å². The molecule has 20 heavy (non-hydrogen) atoms. The standard InChI is InChI=1S/C15H17BrN2O2/c1-2-12-14(19)17-9-3-4-13(17)15(20)18(12)11-7-5-10(16)6-8-11/h5-8,12-13H,2-4,9H2,1H3. The number of carbonyl (C=O) groups excluding carboxylic acids is 2. The molecule has 2 atom stereocenters. The lowest BCUT2D eigenvalue weighted by Gasteiger charge is -2.42. The number of fused-ring (bicyclic) bond motifs is 1. The number of hydrogen-bond acceptors (Lipinski definition) is 2. The predicted octanol–water partition coefficient (Wildman–Crippen LogP) is 2.57. The molecule has 5 heteroatoms. The van der Waals surface area contributed by atoms with Crippen LogP contribution in [0.3, 0.4) is 0 Å². The van der Waals surface area contributed by atoms with Crippen LogP contribution < -0.4 is 4.90 Å². The smallest absolute Gasteiger partial charge is 0.250 e. The normalized spacial score (nSPS) is 26.1. The molecule has 1 aromatic carbocycles. The van der Waals surface area contributed by atoms with Crippen molar-refractivity contribution in [3.8, 4) is 0 Å². The lowest BCUT2D eigenvalue weighted by Crippen LogP contribution is -2.62. The number of benzene rings is 1. The zero-order valence-electron chi connectivity index (χ0n) is 11.4. The summed E-state index contributed by atoms with van der Waals surface area (Å²) in [7, 11) is 0. The van der Waals surface area contributed by atoms with Crippen molar-refractivity contribution in [1.82, 2.24) is 4.90 Å². The van der Waals surface area contributed by atoms with Crippen molar-refractivity contribution < 1.29 is 9.59 Å². The summed E-state index contributed by atoms with van der Waals surface area (Å²) in [6.45, 7) is 2.68. The molecule has 2 saturated heterocycles. The summed E-state index contributed by atoms with van der Waals surface area (Å²) in [6.07, 6.45) is 2.35. The predicted molar refractivity (Wildman–Crippen MR) is 80.4 cm³/mol. The number of hydrogen-bond donors (Lipinski definition) is 0. The molecule has 2 unspecified atom stereocenters. The summed E-state index contributed by atoms with van der Waals surface area (Å²) in [5.41, 5.74) is 0.810. The molecule has 2 fully saturated rings. The fourth-order valence-corrected chi connectivity index (χ4v) is 3.43. The lowest BCUT2D eigenvalue weighted by atomic mass is 10.0. The molecule has 3 rings (SSSR count). The van der Waals surface area contributed by atoms with Gasteiger partial charge >= 0.3 is 0 Å². The summed E-state index contributed by atoms with van der Waals surface area (Å²) < 4.78 is 0.965. The molecule has 0 radical (unpaired) electrons. The summed E-state index contributed by atoms with van der Waals surface area (Å²) in [6, 6.07) is 6.97. The van der Waals surface area contributed by atoms with Crippen molar-refractivity contribution in [3.63, 3.8) is 0 Å². The van der Waals surface area contributed by atoms with Crippen molar-refractivity contribution in [1.29, 1.82) is 0 Å².